The largest absolute Gasteiger partial charge is 0.384 e. The molecule has 1 saturated heterocycles. The molecule has 1 N–H and O–H groups in total. The molecule has 0 unspecified atom stereocenters. The fourth-order valence-corrected chi connectivity index (χ4v) is 4.24. The molecule has 3 aromatic rings. The molecule has 7 heteroatoms. The number of hydrogen-bond acceptors (Lipinski definition) is 5. The van der Waals surface area contributed by atoms with E-state index in [0.29, 0.717) is 26.1 Å². The van der Waals surface area contributed by atoms with E-state index in [4.69, 9.17) is 4.74 Å². The average molecular weight is 393 g/mol. The summed E-state index contributed by atoms with van der Waals surface area (Å²) in [5.74, 6) is 0.314. The van der Waals surface area contributed by atoms with Gasteiger partial charge in [0.15, 0.2) is 0 Å². The first kappa shape index (κ1) is 19.4. The van der Waals surface area contributed by atoms with Gasteiger partial charge < -0.3 is 15.0 Å². The van der Waals surface area contributed by atoms with Gasteiger partial charge in [0.05, 0.1) is 24.4 Å². The molecule has 3 heterocycles. The number of benzene rings is 1. The number of fused-ring (bicyclic) bond motifs is 1. The van der Waals surface area contributed by atoms with E-state index in [1.807, 2.05) is 49.5 Å². The summed E-state index contributed by atoms with van der Waals surface area (Å²) in [6, 6.07) is 10.2. The number of methoxy groups -OCH3 is 1. The first-order chi connectivity index (χ1) is 14.1. The zero-order chi connectivity index (χ0) is 20.4. The molecule has 1 aliphatic heterocycles. The maximum Gasteiger partial charge on any atom is 0.223 e. The van der Waals surface area contributed by atoms with Crippen LogP contribution in [0.5, 0.6) is 0 Å². The van der Waals surface area contributed by atoms with Crippen molar-refractivity contribution >= 4 is 22.5 Å². The number of carbonyl (C=O) groups excluding carboxylic acids is 1. The Balaban J connectivity index is 1.59. The molecule has 1 aromatic carbocycles. The molecule has 1 fully saturated rings. The second-order valence-corrected chi connectivity index (χ2v) is 7.65. The van der Waals surface area contributed by atoms with Gasteiger partial charge in [0.1, 0.15) is 0 Å². The van der Waals surface area contributed by atoms with E-state index in [-0.39, 0.29) is 17.9 Å². The van der Waals surface area contributed by atoms with Crippen LogP contribution in [0.25, 0.3) is 10.9 Å². The lowest BCUT2D eigenvalue weighted by Crippen LogP contribution is -2.33. The predicted molar refractivity (Wildman–Crippen MR) is 113 cm³/mol. The van der Waals surface area contributed by atoms with Crippen molar-refractivity contribution in [3.8, 4) is 0 Å². The van der Waals surface area contributed by atoms with E-state index in [0.717, 1.165) is 27.8 Å². The summed E-state index contributed by atoms with van der Waals surface area (Å²) >= 11 is 0. The van der Waals surface area contributed by atoms with Gasteiger partial charge in [-0.15, -0.1) is 0 Å². The number of nitrogens with one attached hydrogen (secondary N) is 1. The first-order valence-electron chi connectivity index (χ1n) is 9.94. The number of aryl methyl sites for hydroxylation is 2. The minimum absolute atomic E-state index is 0.00644. The molecule has 1 aliphatic rings. The van der Waals surface area contributed by atoms with E-state index in [2.05, 4.69) is 27.5 Å². The van der Waals surface area contributed by atoms with Gasteiger partial charge in [-0.1, -0.05) is 18.2 Å². The summed E-state index contributed by atoms with van der Waals surface area (Å²) < 4.78 is 7.02. The fourth-order valence-electron chi connectivity index (χ4n) is 4.24. The van der Waals surface area contributed by atoms with Gasteiger partial charge in [0, 0.05) is 68.1 Å². The van der Waals surface area contributed by atoms with Crippen molar-refractivity contribution in [1.29, 1.82) is 0 Å². The van der Waals surface area contributed by atoms with Crippen LogP contribution in [-0.4, -0.2) is 52.4 Å². The van der Waals surface area contributed by atoms with Crippen molar-refractivity contribution in [3.63, 3.8) is 0 Å². The molecule has 0 saturated carbocycles. The smallest absolute Gasteiger partial charge is 0.223 e. The quantitative estimate of drug-likeness (QED) is 0.668. The van der Waals surface area contributed by atoms with Crippen LogP contribution in [0.1, 0.15) is 23.7 Å². The molecule has 29 heavy (non-hydrogen) atoms. The number of nitrogens with zero attached hydrogens (tertiary/aromatic N) is 4. The van der Waals surface area contributed by atoms with Crippen LogP contribution in [0.3, 0.4) is 0 Å². The molecule has 2 atom stereocenters. The number of likely N-dealkylation sites (tertiary alicyclic amines) is 1. The minimum atomic E-state index is -0.00644. The molecule has 0 radical (unpaired) electrons. The third-order valence-corrected chi connectivity index (χ3v) is 5.54. The van der Waals surface area contributed by atoms with Gasteiger partial charge in [-0.25, -0.2) is 0 Å². The molecule has 1 amide bonds. The van der Waals surface area contributed by atoms with Crippen molar-refractivity contribution in [2.45, 2.75) is 19.4 Å². The van der Waals surface area contributed by atoms with E-state index >= 15 is 0 Å². The Hall–Kier alpha value is -2.93. The first-order valence-corrected chi connectivity index (χ1v) is 9.94. The van der Waals surface area contributed by atoms with Gasteiger partial charge in [-0.3, -0.25) is 14.5 Å². The number of pyridine rings is 1. The molecular formula is C22H27N5O2. The fraction of sp³-hybridized carbons (Fsp3) is 0.409. The zero-order valence-electron chi connectivity index (χ0n) is 17.1. The van der Waals surface area contributed by atoms with Crippen LogP contribution in [0, 0.1) is 12.8 Å². The summed E-state index contributed by atoms with van der Waals surface area (Å²) in [7, 11) is 3.56. The predicted octanol–water partition coefficient (Wildman–Crippen LogP) is 2.92. The topological polar surface area (TPSA) is 72.3 Å². The number of amides is 1. The summed E-state index contributed by atoms with van der Waals surface area (Å²) in [4.78, 5) is 19.3. The van der Waals surface area contributed by atoms with Crippen LogP contribution in [0.2, 0.25) is 0 Å². The standard InChI is InChI=1S/C22H27N5O2/c1-15-10-20(18-6-4-5-7-19(18)25-15)23-12-16-11-21(28)27(8-9-29-3)22(16)17-13-24-26(2)14-17/h4-7,10,13-14,16,22H,8-9,11-12H2,1-3H3,(H,23,25)/t16-,22+/m1/s1. The molecule has 0 aliphatic carbocycles. The van der Waals surface area contributed by atoms with E-state index in [1.165, 1.54) is 0 Å². The van der Waals surface area contributed by atoms with Crippen molar-refractivity contribution in [2.75, 3.05) is 32.1 Å². The Morgan fingerprint density at radius 1 is 1.31 bits per heavy atom. The highest BCUT2D eigenvalue weighted by Crippen LogP contribution is 2.38. The number of carbonyl (C=O) groups is 1. The van der Waals surface area contributed by atoms with Gasteiger partial charge in [-0.2, -0.15) is 5.10 Å². The van der Waals surface area contributed by atoms with E-state index in [9.17, 15) is 4.79 Å². The number of anilines is 1. The van der Waals surface area contributed by atoms with Crippen LogP contribution in [0.4, 0.5) is 5.69 Å². The highest BCUT2D eigenvalue weighted by atomic mass is 16.5. The summed E-state index contributed by atoms with van der Waals surface area (Å²) in [6.07, 6.45) is 4.38. The van der Waals surface area contributed by atoms with E-state index < -0.39 is 0 Å². The number of aromatic nitrogens is 3. The molecule has 152 valence electrons. The molecule has 0 bridgehead atoms. The zero-order valence-corrected chi connectivity index (χ0v) is 17.1. The van der Waals surface area contributed by atoms with Crippen molar-refractivity contribution < 1.29 is 9.53 Å². The van der Waals surface area contributed by atoms with Gasteiger partial charge in [-0.05, 0) is 19.1 Å². The summed E-state index contributed by atoms with van der Waals surface area (Å²) in [5.41, 5.74) is 4.07. The SMILES string of the molecule is COCCN1C(=O)C[C@H](CNc2cc(C)nc3ccccc23)[C@H]1c1cnn(C)c1. The second kappa shape index (κ2) is 8.21. The monoisotopic (exact) mass is 393 g/mol. The van der Waals surface area contributed by atoms with Crippen molar-refractivity contribution in [2.24, 2.45) is 13.0 Å². The summed E-state index contributed by atoms with van der Waals surface area (Å²) in [6.45, 7) is 3.81. The van der Waals surface area contributed by atoms with E-state index in [1.54, 1.807) is 11.8 Å². The Morgan fingerprint density at radius 3 is 2.90 bits per heavy atom. The Bertz CT molecular complexity index is 1020. The van der Waals surface area contributed by atoms with Crippen molar-refractivity contribution in [3.05, 3.63) is 54.0 Å². The molecule has 4 rings (SSSR count). The minimum Gasteiger partial charge on any atom is -0.384 e. The lowest BCUT2D eigenvalue weighted by molar-refractivity contribution is -0.129. The van der Waals surface area contributed by atoms with Crippen molar-refractivity contribution in [1.82, 2.24) is 19.7 Å². The number of ether oxygens (including phenoxy) is 1. The Morgan fingerprint density at radius 2 is 2.14 bits per heavy atom. The highest BCUT2D eigenvalue weighted by molar-refractivity contribution is 5.91. The lowest BCUT2D eigenvalue weighted by Gasteiger charge is -2.28. The molecular weight excluding hydrogens is 366 g/mol. The normalized spacial score (nSPS) is 19.3. The Kier molecular flexibility index (Phi) is 5.49. The van der Waals surface area contributed by atoms with Gasteiger partial charge in [0.25, 0.3) is 0 Å². The maximum absolute atomic E-state index is 12.8. The Labute approximate surface area is 170 Å². The average Bonchev–Trinajstić information content (AvgIpc) is 3.26. The van der Waals surface area contributed by atoms with Crippen LogP contribution in [-0.2, 0) is 16.6 Å². The highest BCUT2D eigenvalue weighted by Gasteiger charge is 2.40. The molecule has 2 aromatic heterocycles. The number of hydrogen-bond donors (Lipinski definition) is 1. The number of para-hydroxylation sites is 1. The van der Waals surface area contributed by atoms with Gasteiger partial charge in [0.2, 0.25) is 5.91 Å². The van der Waals surface area contributed by atoms with Crippen LogP contribution >= 0.6 is 0 Å². The third-order valence-electron chi connectivity index (χ3n) is 5.54. The third kappa shape index (κ3) is 3.96. The molecule has 0 spiro atoms. The van der Waals surface area contributed by atoms with Crippen LogP contribution in [0.15, 0.2) is 42.7 Å². The maximum atomic E-state index is 12.8. The van der Waals surface area contributed by atoms with Gasteiger partial charge >= 0.3 is 0 Å². The number of rotatable bonds is 7. The summed E-state index contributed by atoms with van der Waals surface area (Å²) in [5, 5.41) is 9.02. The van der Waals surface area contributed by atoms with Crippen LogP contribution < -0.4 is 5.32 Å². The second-order valence-electron chi connectivity index (χ2n) is 7.65. The lowest BCUT2D eigenvalue weighted by atomic mass is 9.95. The molecule has 7 nitrogen and oxygen atoms in total.